The van der Waals surface area contributed by atoms with Gasteiger partial charge in [0.1, 0.15) is 11.9 Å². The Balaban J connectivity index is 1.83. The minimum atomic E-state index is -1.03. The van der Waals surface area contributed by atoms with Crippen LogP contribution in [0.25, 0.3) is 0 Å². The molecular weight excluding hydrogens is 324 g/mol. The van der Waals surface area contributed by atoms with Crippen LogP contribution in [0.1, 0.15) is 12.8 Å². The predicted octanol–water partition coefficient (Wildman–Crippen LogP) is -0.810. The number of carbonyl (C=O) groups excluding carboxylic acids is 2. The van der Waals surface area contributed by atoms with Crippen LogP contribution in [0.3, 0.4) is 0 Å². The molecule has 3 rings (SSSR count). The van der Waals surface area contributed by atoms with Crippen molar-refractivity contribution in [2.75, 3.05) is 0 Å². The molecule has 23 heavy (non-hydrogen) atoms. The minimum absolute atomic E-state index is 0.111. The lowest BCUT2D eigenvalue weighted by Crippen LogP contribution is -2.48. The van der Waals surface area contributed by atoms with Gasteiger partial charge in [-0.2, -0.15) is 9.98 Å². The molecule has 9 nitrogen and oxygen atoms in total. The molecule has 0 aromatic heterocycles. The predicted molar refractivity (Wildman–Crippen MR) is 82.8 cm³/mol. The second-order valence-electron chi connectivity index (χ2n) is 5.37. The van der Waals surface area contributed by atoms with Crippen molar-refractivity contribution >= 4 is 34.7 Å². The summed E-state index contributed by atoms with van der Waals surface area (Å²) in [7, 11) is 0. The number of thioether (sulfide) groups is 1. The fourth-order valence-corrected chi connectivity index (χ4v) is 3.67. The van der Waals surface area contributed by atoms with E-state index in [0.29, 0.717) is 6.42 Å². The van der Waals surface area contributed by atoms with Crippen LogP contribution in [0, 0.1) is 0 Å². The largest absolute Gasteiger partial charge is 0.390 e. The maximum atomic E-state index is 12.2. The molecule has 5 atom stereocenters. The van der Waals surface area contributed by atoms with Crippen molar-refractivity contribution in [3.8, 4) is 0 Å². The lowest BCUT2D eigenvalue weighted by Gasteiger charge is -2.27. The number of guanidine groups is 1. The number of aliphatic hydroxyl groups excluding tert-OH is 2. The van der Waals surface area contributed by atoms with Crippen LogP contribution >= 0.6 is 11.8 Å². The summed E-state index contributed by atoms with van der Waals surface area (Å²) in [6.07, 6.45) is -1.52. The molecule has 10 heteroatoms. The van der Waals surface area contributed by atoms with E-state index in [1.165, 1.54) is 0 Å². The fraction of sp³-hybridized carbons (Fsp3) is 0.538. The van der Waals surface area contributed by atoms with Crippen LogP contribution in [0.2, 0.25) is 0 Å². The highest BCUT2D eigenvalue weighted by Crippen LogP contribution is 2.37. The molecule has 0 aliphatic carbocycles. The molecule has 0 spiro atoms. The van der Waals surface area contributed by atoms with E-state index in [4.69, 9.17) is 10.5 Å². The van der Waals surface area contributed by atoms with Crippen molar-refractivity contribution < 1.29 is 24.5 Å². The molecule has 2 saturated heterocycles. The first-order valence-corrected chi connectivity index (χ1v) is 7.89. The molecule has 124 valence electrons. The lowest BCUT2D eigenvalue weighted by molar-refractivity contribution is -0.116. The SMILES string of the molecule is C=CCC(O)[C@@H]1C[C@@H](O)[C@H](N2C(=O)SC3C(=O)N=C(N)N=C32)O1. The van der Waals surface area contributed by atoms with E-state index < -0.39 is 40.9 Å². The average Bonchev–Trinajstić information content (AvgIpc) is 2.99. The number of carbonyl (C=O) groups is 2. The summed E-state index contributed by atoms with van der Waals surface area (Å²) in [5, 5.41) is 18.8. The number of amidine groups is 1. The Morgan fingerprint density at radius 3 is 2.96 bits per heavy atom. The zero-order valence-electron chi connectivity index (χ0n) is 12.0. The summed E-state index contributed by atoms with van der Waals surface area (Å²) in [4.78, 5) is 32.6. The number of ether oxygens (including phenoxy) is 1. The molecule has 3 aliphatic rings. The number of hydrogen-bond donors (Lipinski definition) is 3. The summed E-state index contributed by atoms with van der Waals surface area (Å²) >= 11 is 0.751. The number of amides is 2. The molecule has 3 aliphatic heterocycles. The number of aliphatic hydroxyl groups is 2. The van der Waals surface area contributed by atoms with E-state index in [1.54, 1.807) is 6.08 Å². The van der Waals surface area contributed by atoms with Gasteiger partial charge in [-0.15, -0.1) is 6.58 Å². The summed E-state index contributed by atoms with van der Waals surface area (Å²) in [6, 6.07) is 0. The van der Waals surface area contributed by atoms with E-state index >= 15 is 0 Å². The van der Waals surface area contributed by atoms with Gasteiger partial charge in [-0.1, -0.05) is 6.08 Å². The van der Waals surface area contributed by atoms with Crippen molar-refractivity contribution in [3.05, 3.63) is 12.7 Å². The number of nitrogens with two attached hydrogens (primary N) is 1. The van der Waals surface area contributed by atoms with Gasteiger partial charge in [-0.25, -0.2) is 0 Å². The Morgan fingerprint density at radius 2 is 2.26 bits per heavy atom. The summed E-state index contributed by atoms with van der Waals surface area (Å²) in [6.45, 7) is 3.54. The molecule has 0 radical (unpaired) electrons. The zero-order valence-corrected chi connectivity index (χ0v) is 12.8. The normalized spacial score (nSPS) is 35.0. The summed E-state index contributed by atoms with van der Waals surface area (Å²) in [5.74, 6) is -0.693. The van der Waals surface area contributed by atoms with Gasteiger partial charge in [0.2, 0.25) is 5.96 Å². The smallest absolute Gasteiger partial charge is 0.290 e. The van der Waals surface area contributed by atoms with Crippen molar-refractivity contribution in [1.29, 1.82) is 0 Å². The van der Waals surface area contributed by atoms with E-state index in [-0.39, 0.29) is 18.2 Å². The molecule has 0 bridgehead atoms. The Kier molecular flexibility index (Phi) is 4.23. The van der Waals surface area contributed by atoms with E-state index in [2.05, 4.69) is 16.6 Å². The standard InChI is InChI=1S/C13H16N4O5S/c1-2-3-5(18)7-4-6(19)11(22-7)17-9-8(23-13(17)21)10(20)16-12(14)15-9/h2,5-8,11,18-19H,1,3-4H2,(H2,14,16,20)/t5?,6-,7+,8?,11-/m1/s1. The minimum Gasteiger partial charge on any atom is -0.390 e. The van der Waals surface area contributed by atoms with Crippen molar-refractivity contribution in [3.63, 3.8) is 0 Å². The first-order chi connectivity index (χ1) is 10.9. The third-order valence-corrected chi connectivity index (χ3v) is 4.83. The second-order valence-corrected chi connectivity index (χ2v) is 6.43. The zero-order chi connectivity index (χ0) is 16.7. The molecule has 2 unspecified atom stereocenters. The lowest BCUT2D eigenvalue weighted by atomic mass is 10.1. The highest BCUT2D eigenvalue weighted by molar-refractivity contribution is 8.16. The van der Waals surface area contributed by atoms with Crippen LogP contribution in [-0.4, -0.2) is 67.8 Å². The molecule has 2 fully saturated rings. The van der Waals surface area contributed by atoms with Crippen molar-refractivity contribution in [1.82, 2.24) is 4.90 Å². The van der Waals surface area contributed by atoms with Crippen LogP contribution in [0.4, 0.5) is 4.79 Å². The maximum absolute atomic E-state index is 12.2. The monoisotopic (exact) mass is 340 g/mol. The average molecular weight is 340 g/mol. The molecule has 3 heterocycles. The van der Waals surface area contributed by atoms with Gasteiger partial charge in [0.05, 0.1) is 12.2 Å². The molecular formula is C13H16N4O5S. The summed E-state index contributed by atoms with van der Waals surface area (Å²) in [5.41, 5.74) is 5.48. The topological polar surface area (TPSA) is 138 Å². The van der Waals surface area contributed by atoms with E-state index in [1.807, 2.05) is 0 Å². The van der Waals surface area contributed by atoms with Gasteiger partial charge in [0, 0.05) is 6.42 Å². The van der Waals surface area contributed by atoms with E-state index in [0.717, 1.165) is 16.7 Å². The highest BCUT2D eigenvalue weighted by atomic mass is 32.2. The number of nitrogens with zero attached hydrogens (tertiary/aromatic N) is 3. The Morgan fingerprint density at radius 1 is 1.52 bits per heavy atom. The van der Waals surface area contributed by atoms with Gasteiger partial charge >= 0.3 is 0 Å². The van der Waals surface area contributed by atoms with Crippen LogP contribution in [-0.2, 0) is 9.53 Å². The molecule has 0 aromatic carbocycles. The van der Waals surface area contributed by atoms with Crippen LogP contribution < -0.4 is 5.73 Å². The third kappa shape index (κ3) is 2.78. The van der Waals surface area contributed by atoms with Gasteiger partial charge in [-0.05, 0) is 18.2 Å². The van der Waals surface area contributed by atoms with E-state index in [9.17, 15) is 19.8 Å². The Labute approximate surface area is 135 Å². The van der Waals surface area contributed by atoms with Crippen molar-refractivity contribution in [2.24, 2.45) is 15.7 Å². The fourth-order valence-electron chi connectivity index (χ4n) is 2.73. The number of hydrogen-bond acceptors (Lipinski definition) is 8. The molecule has 4 N–H and O–H groups in total. The molecule has 0 aromatic rings. The highest BCUT2D eigenvalue weighted by Gasteiger charge is 2.52. The van der Waals surface area contributed by atoms with Crippen LogP contribution in [0.15, 0.2) is 22.6 Å². The maximum Gasteiger partial charge on any atom is 0.290 e. The number of rotatable bonds is 4. The van der Waals surface area contributed by atoms with Crippen molar-refractivity contribution in [2.45, 2.75) is 42.6 Å². The first-order valence-electron chi connectivity index (χ1n) is 7.01. The Bertz CT molecular complexity index is 621. The third-order valence-electron chi connectivity index (χ3n) is 3.78. The summed E-state index contributed by atoms with van der Waals surface area (Å²) < 4.78 is 5.63. The van der Waals surface area contributed by atoms with Gasteiger partial charge < -0.3 is 20.7 Å². The Hall–Kier alpha value is -1.75. The molecule has 0 saturated carbocycles. The second kappa shape index (κ2) is 6.04. The number of aliphatic imine (C=N–C) groups is 2. The first kappa shape index (κ1) is 16.1. The van der Waals surface area contributed by atoms with Gasteiger partial charge in [0.15, 0.2) is 11.5 Å². The van der Waals surface area contributed by atoms with Gasteiger partial charge in [-0.3, -0.25) is 14.5 Å². The van der Waals surface area contributed by atoms with Gasteiger partial charge in [0.25, 0.3) is 11.1 Å². The van der Waals surface area contributed by atoms with Crippen LogP contribution in [0.5, 0.6) is 0 Å². The quantitative estimate of drug-likeness (QED) is 0.569. The number of fused-ring (bicyclic) bond motifs is 1. The molecule has 2 amide bonds.